The van der Waals surface area contributed by atoms with Crippen molar-refractivity contribution in [1.82, 2.24) is 9.97 Å². The van der Waals surface area contributed by atoms with E-state index in [1.807, 2.05) is 6.92 Å². The van der Waals surface area contributed by atoms with Gasteiger partial charge in [-0.15, -0.1) is 11.3 Å². The van der Waals surface area contributed by atoms with Crippen molar-refractivity contribution in [2.75, 3.05) is 11.5 Å². The van der Waals surface area contributed by atoms with Gasteiger partial charge in [0.1, 0.15) is 11.5 Å². The number of aliphatic hydroxyl groups excluding tert-OH is 1. The molecule has 1 aliphatic rings. The fraction of sp³-hybridized carbons (Fsp3) is 0.182. The molecule has 8 heteroatoms. The molecule has 30 heavy (non-hydrogen) atoms. The van der Waals surface area contributed by atoms with Gasteiger partial charge in [-0.05, 0) is 30.2 Å². The van der Waals surface area contributed by atoms with Crippen LogP contribution in [0.5, 0.6) is 5.75 Å². The molecule has 1 aromatic carbocycles. The molecule has 2 aromatic heterocycles. The van der Waals surface area contributed by atoms with Gasteiger partial charge >= 0.3 is 5.91 Å². The Morgan fingerprint density at radius 2 is 2.10 bits per heavy atom. The molecule has 0 radical (unpaired) electrons. The van der Waals surface area contributed by atoms with Crippen molar-refractivity contribution in [1.29, 1.82) is 0 Å². The number of hydrogen-bond acceptors (Lipinski definition) is 7. The van der Waals surface area contributed by atoms with Crippen LogP contribution in [-0.4, -0.2) is 33.4 Å². The molecule has 3 heterocycles. The van der Waals surface area contributed by atoms with Crippen molar-refractivity contribution in [2.24, 2.45) is 0 Å². The first-order chi connectivity index (χ1) is 14.6. The number of aliphatic hydroxyl groups is 1. The summed E-state index contributed by atoms with van der Waals surface area (Å²) >= 11 is 1.24. The van der Waals surface area contributed by atoms with Gasteiger partial charge in [0.05, 0.1) is 18.2 Å². The Hall–Kier alpha value is -3.52. The summed E-state index contributed by atoms with van der Waals surface area (Å²) in [6.45, 7) is 2.53. The minimum absolute atomic E-state index is 0.00385. The first-order valence-corrected chi connectivity index (χ1v) is 10.3. The van der Waals surface area contributed by atoms with Crippen molar-refractivity contribution in [3.63, 3.8) is 0 Å². The Morgan fingerprint density at radius 3 is 2.80 bits per heavy atom. The van der Waals surface area contributed by atoms with E-state index in [-0.39, 0.29) is 11.3 Å². The van der Waals surface area contributed by atoms with E-state index in [1.54, 1.807) is 60.4 Å². The summed E-state index contributed by atoms with van der Waals surface area (Å²) in [5.41, 5.74) is 0.998. The second kappa shape index (κ2) is 8.46. The van der Waals surface area contributed by atoms with Gasteiger partial charge in [0.2, 0.25) is 0 Å². The summed E-state index contributed by atoms with van der Waals surface area (Å²) < 4.78 is 5.63. The summed E-state index contributed by atoms with van der Waals surface area (Å²) in [6, 6.07) is 9.49. The number of pyridine rings is 1. The molecule has 0 bridgehead atoms. The van der Waals surface area contributed by atoms with Crippen LogP contribution in [-0.2, 0) is 9.59 Å². The lowest BCUT2D eigenvalue weighted by atomic mass is 9.96. The third-order valence-electron chi connectivity index (χ3n) is 4.65. The van der Waals surface area contributed by atoms with Gasteiger partial charge in [0.25, 0.3) is 5.78 Å². The second-order valence-electron chi connectivity index (χ2n) is 6.65. The number of hydrogen-bond donors (Lipinski definition) is 1. The molecule has 0 spiro atoms. The molecule has 1 N–H and O–H groups in total. The molecule has 1 fully saturated rings. The third-order valence-corrected chi connectivity index (χ3v) is 5.42. The normalized spacial score (nSPS) is 18.0. The predicted molar refractivity (Wildman–Crippen MR) is 113 cm³/mol. The third kappa shape index (κ3) is 3.57. The Balaban J connectivity index is 1.86. The number of anilines is 1. The van der Waals surface area contributed by atoms with Gasteiger partial charge in [-0.25, -0.2) is 4.98 Å². The van der Waals surface area contributed by atoms with Gasteiger partial charge in [0.15, 0.2) is 5.13 Å². The Morgan fingerprint density at radius 1 is 1.23 bits per heavy atom. The molecule has 152 valence electrons. The smallest absolute Gasteiger partial charge is 0.301 e. The highest BCUT2D eigenvalue weighted by Gasteiger charge is 2.48. The molecule has 0 aliphatic carbocycles. The summed E-state index contributed by atoms with van der Waals surface area (Å²) in [6.07, 6.45) is 5.59. The molecule has 1 unspecified atom stereocenters. The number of thiazole rings is 1. The summed E-state index contributed by atoms with van der Waals surface area (Å²) in [7, 11) is 0. The van der Waals surface area contributed by atoms with Gasteiger partial charge < -0.3 is 9.84 Å². The van der Waals surface area contributed by atoms with Gasteiger partial charge in [-0.3, -0.25) is 19.5 Å². The van der Waals surface area contributed by atoms with Crippen LogP contribution in [0.3, 0.4) is 0 Å². The zero-order chi connectivity index (χ0) is 21.1. The lowest BCUT2D eigenvalue weighted by Gasteiger charge is -2.22. The topological polar surface area (TPSA) is 92.6 Å². The van der Waals surface area contributed by atoms with Gasteiger partial charge in [0, 0.05) is 29.5 Å². The Labute approximate surface area is 177 Å². The summed E-state index contributed by atoms with van der Waals surface area (Å²) in [4.78, 5) is 35.5. The number of nitrogens with zero attached hydrogens (tertiary/aromatic N) is 3. The number of benzene rings is 1. The number of rotatable bonds is 6. The molecule has 1 amide bonds. The number of ether oxygens (including phenoxy) is 1. The number of amides is 1. The standard InChI is InChI=1S/C22H19N3O4S/c1-2-10-29-16-7-3-5-14(12-16)19(26)17-18(15-6-4-8-23-13-15)25(21(28)20(17)27)22-24-9-11-30-22/h3-9,11-13,18,26H,2,10H2,1H3/b19-17-. The highest BCUT2D eigenvalue weighted by atomic mass is 32.1. The van der Waals surface area contributed by atoms with E-state index in [2.05, 4.69) is 9.97 Å². The zero-order valence-electron chi connectivity index (χ0n) is 16.2. The van der Waals surface area contributed by atoms with Crippen molar-refractivity contribution >= 4 is 33.9 Å². The van der Waals surface area contributed by atoms with Crippen molar-refractivity contribution in [3.8, 4) is 5.75 Å². The van der Waals surface area contributed by atoms with E-state index in [9.17, 15) is 14.7 Å². The lowest BCUT2D eigenvalue weighted by Crippen LogP contribution is -2.29. The van der Waals surface area contributed by atoms with E-state index >= 15 is 0 Å². The van der Waals surface area contributed by atoms with Crippen LogP contribution in [0.2, 0.25) is 0 Å². The molecule has 1 saturated heterocycles. The monoisotopic (exact) mass is 421 g/mol. The first-order valence-electron chi connectivity index (χ1n) is 9.45. The molecule has 7 nitrogen and oxygen atoms in total. The van der Waals surface area contributed by atoms with Gasteiger partial charge in [-0.1, -0.05) is 25.1 Å². The molecular formula is C22H19N3O4S. The van der Waals surface area contributed by atoms with Crippen LogP contribution in [0.1, 0.15) is 30.5 Å². The fourth-order valence-corrected chi connectivity index (χ4v) is 3.99. The largest absolute Gasteiger partial charge is 0.507 e. The van der Waals surface area contributed by atoms with Crippen molar-refractivity contribution in [3.05, 3.63) is 77.1 Å². The maximum atomic E-state index is 13.0. The lowest BCUT2D eigenvalue weighted by molar-refractivity contribution is -0.132. The van der Waals surface area contributed by atoms with Crippen LogP contribution in [0.25, 0.3) is 5.76 Å². The van der Waals surface area contributed by atoms with E-state index in [4.69, 9.17) is 4.74 Å². The maximum absolute atomic E-state index is 13.0. The minimum atomic E-state index is -0.829. The van der Waals surface area contributed by atoms with Crippen LogP contribution in [0, 0.1) is 0 Å². The van der Waals surface area contributed by atoms with Crippen molar-refractivity contribution in [2.45, 2.75) is 19.4 Å². The van der Waals surface area contributed by atoms with Crippen LogP contribution in [0.15, 0.2) is 65.9 Å². The van der Waals surface area contributed by atoms with E-state index in [0.29, 0.717) is 28.6 Å². The molecule has 4 rings (SSSR count). The number of aromatic nitrogens is 2. The minimum Gasteiger partial charge on any atom is -0.507 e. The van der Waals surface area contributed by atoms with Crippen LogP contribution in [0.4, 0.5) is 5.13 Å². The summed E-state index contributed by atoms with van der Waals surface area (Å²) in [5, 5.41) is 13.2. The molecule has 3 aromatic rings. The number of ketones is 1. The Kier molecular flexibility index (Phi) is 5.58. The highest BCUT2D eigenvalue weighted by molar-refractivity contribution is 7.14. The van der Waals surface area contributed by atoms with E-state index in [0.717, 1.165) is 6.42 Å². The average Bonchev–Trinajstić information content (AvgIpc) is 3.39. The maximum Gasteiger partial charge on any atom is 0.301 e. The first kappa shape index (κ1) is 19.8. The number of carbonyl (C=O) groups is 2. The molecular weight excluding hydrogens is 402 g/mol. The number of carbonyl (C=O) groups excluding carboxylic acids is 2. The summed E-state index contributed by atoms with van der Waals surface area (Å²) in [5.74, 6) is -1.19. The Bertz CT molecular complexity index is 1100. The molecule has 1 aliphatic heterocycles. The molecule has 0 saturated carbocycles. The van der Waals surface area contributed by atoms with Crippen LogP contribution >= 0.6 is 11.3 Å². The van der Waals surface area contributed by atoms with Crippen LogP contribution < -0.4 is 9.64 Å². The quantitative estimate of drug-likeness (QED) is 0.368. The molecule has 1 atom stereocenters. The number of Topliss-reactive ketones (excluding diaryl/α,β-unsaturated/α-hetero) is 1. The van der Waals surface area contributed by atoms with Crippen molar-refractivity contribution < 1.29 is 19.4 Å². The zero-order valence-corrected chi connectivity index (χ0v) is 17.0. The fourth-order valence-electron chi connectivity index (χ4n) is 3.33. The average molecular weight is 421 g/mol. The van der Waals surface area contributed by atoms with E-state index in [1.165, 1.54) is 16.2 Å². The second-order valence-corrected chi connectivity index (χ2v) is 7.52. The van der Waals surface area contributed by atoms with Gasteiger partial charge in [-0.2, -0.15) is 0 Å². The predicted octanol–water partition coefficient (Wildman–Crippen LogP) is 3.95. The van der Waals surface area contributed by atoms with E-state index < -0.39 is 17.7 Å². The highest BCUT2D eigenvalue weighted by Crippen LogP contribution is 2.42. The SMILES string of the molecule is CCCOc1cccc(/C(O)=C2/C(=O)C(=O)N(c3nccs3)C2c2cccnc2)c1.